The standard InChI is InChI=1S/C10H15ClN2O2/c1-10(2,6-14)5-13-9(15)8-3-7(11)4-12-8/h3-4,12,14H,5-6H2,1-2H3,(H,13,15). The molecule has 0 unspecified atom stereocenters. The summed E-state index contributed by atoms with van der Waals surface area (Å²) < 4.78 is 0. The Morgan fingerprint density at radius 1 is 1.67 bits per heavy atom. The monoisotopic (exact) mass is 230 g/mol. The van der Waals surface area contributed by atoms with Crippen LogP contribution in [0, 0.1) is 5.41 Å². The zero-order valence-electron chi connectivity index (χ0n) is 8.80. The summed E-state index contributed by atoms with van der Waals surface area (Å²) in [7, 11) is 0. The van der Waals surface area contributed by atoms with E-state index >= 15 is 0 Å². The van der Waals surface area contributed by atoms with Gasteiger partial charge in [-0.2, -0.15) is 0 Å². The number of H-pyrrole nitrogens is 1. The molecule has 84 valence electrons. The van der Waals surface area contributed by atoms with E-state index in [1.54, 1.807) is 12.3 Å². The van der Waals surface area contributed by atoms with E-state index in [1.807, 2.05) is 13.8 Å². The van der Waals surface area contributed by atoms with Crippen LogP contribution in [0.5, 0.6) is 0 Å². The Bertz CT molecular complexity index is 347. The first-order valence-electron chi connectivity index (χ1n) is 4.67. The van der Waals surface area contributed by atoms with Gasteiger partial charge in [0.05, 0.1) is 5.02 Å². The van der Waals surface area contributed by atoms with Crippen molar-refractivity contribution >= 4 is 17.5 Å². The lowest BCUT2D eigenvalue weighted by Crippen LogP contribution is -2.36. The molecule has 0 saturated carbocycles. The Labute approximate surface area is 93.6 Å². The number of amides is 1. The molecule has 0 saturated heterocycles. The van der Waals surface area contributed by atoms with Gasteiger partial charge in [0.15, 0.2) is 0 Å². The minimum atomic E-state index is -0.313. The lowest BCUT2D eigenvalue weighted by molar-refractivity contribution is 0.0907. The lowest BCUT2D eigenvalue weighted by Gasteiger charge is -2.21. The first-order valence-corrected chi connectivity index (χ1v) is 5.05. The average Bonchev–Trinajstić information content (AvgIpc) is 2.61. The Kier molecular flexibility index (Phi) is 3.77. The largest absolute Gasteiger partial charge is 0.396 e. The third kappa shape index (κ3) is 3.57. The fraction of sp³-hybridized carbons (Fsp3) is 0.500. The zero-order chi connectivity index (χ0) is 11.5. The summed E-state index contributed by atoms with van der Waals surface area (Å²) in [5.74, 6) is -0.219. The molecular formula is C10H15ClN2O2. The highest BCUT2D eigenvalue weighted by atomic mass is 35.5. The Hall–Kier alpha value is -1.00. The lowest BCUT2D eigenvalue weighted by atomic mass is 9.95. The highest BCUT2D eigenvalue weighted by molar-refractivity contribution is 6.30. The first kappa shape index (κ1) is 12.1. The number of aliphatic hydroxyl groups excluding tert-OH is 1. The molecule has 1 amide bonds. The molecular weight excluding hydrogens is 216 g/mol. The zero-order valence-corrected chi connectivity index (χ0v) is 9.56. The van der Waals surface area contributed by atoms with E-state index in [0.29, 0.717) is 17.3 Å². The Morgan fingerprint density at radius 2 is 2.33 bits per heavy atom. The molecule has 4 nitrogen and oxygen atoms in total. The van der Waals surface area contributed by atoms with Gasteiger partial charge < -0.3 is 15.4 Å². The van der Waals surface area contributed by atoms with E-state index < -0.39 is 0 Å². The van der Waals surface area contributed by atoms with Crippen molar-refractivity contribution in [3.63, 3.8) is 0 Å². The van der Waals surface area contributed by atoms with Crippen LogP contribution in [-0.2, 0) is 0 Å². The van der Waals surface area contributed by atoms with Gasteiger partial charge in [-0.3, -0.25) is 4.79 Å². The summed E-state index contributed by atoms with van der Waals surface area (Å²) in [5.41, 5.74) is 0.111. The normalized spacial score (nSPS) is 11.5. The van der Waals surface area contributed by atoms with Crippen LogP contribution in [0.2, 0.25) is 5.02 Å². The summed E-state index contributed by atoms with van der Waals surface area (Å²) in [6, 6.07) is 1.56. The fourth-order valence-corrected chi connectivity index (χ4v) is 1.13. The van der Waals surface area contributed by atoms with E-state index in [2.05, 4.69) is 10.3 Å². The van der Waals surface area contributed by atoms with Gasteiger partial charge in [-0.05, 0) is 6.07 Å². The van der Waals surface area contributed by atoms with Crippen LogP contribution >= 0.6 is 11.6 Å². The first-order chi connectivity index (χ1) is 6.94. The molecule has 0 atom stereocenters. The number of nitrogens with one attached hydrogen (secondary N) is 2. The van der Waals surface area contributed by atoms with Gasteiger partial charge in [-0.25, -0.2) is 0 Å². The number of aromatic amines is 1. The number of carbonyl (C=O) groups excluding carboxylic acids is 1. The van der Waals surface area contributed by atoms with Crippen molar-refractivity contribution in [1.82, 2.24) is 10.3 Å². The number of hydrogen-bond donors (Lipinski definition) is 3. The molecule has 15 heavy (non-hydrogen) atoms. The number of halogens is 1. The predicted molar refractivity (Wildman–Crippen MR) is 59.0 cm³/mol. The van der Waals surface area contributed by atoms with Crippen molar-refractivity contribution < 1.29 is 9.90 Å². The molecule has 0 bridgehead atoms. The van der Waals surface area contributed by atoms with Gasteiger partial charge in [0.1, 0.15) is 5.69 Å². The molecule has 1 rings (SSSR count). The van der Waals surface area contributed by atoms with Gasteiger partial charge >= 0.3 is 0 Å². The number of carbonyl (C=O) groups is 1. The molecule has 3 N–H and O–H groups in total. The number of rotatable bonds is 4. The maximum absolute atomic E-state index is 11.5. The van der Waals surface area contributed by atoms with Crippen LogP contribution in [0.15, 0.2) is 12.3 Å². The van der Waals surface area contributed by atoms with E-state index in [4.69, 9.17) is 16.7 Å². The SMILES string of the molecule is CC(C)(CO)CNC(=O)c1cc(Cl)c[nH]1. The molecule has 0 aromatic carbocycles. The molecule has 0 radical (unpaired) electrons. The fourth-order valence-electron chi connectivity index (χ4n) is 0.970. The van der Waals surface area contributed by atoms with Gasteiger partial charge in [-0.1, -0.05) is 25.4 Å². The van der Waals surface area contributed by atoms with Crippen molar-refractivity contribution in [1.29, 1.82) is 0 Å². The van der Waals surface area contributed by atoms with E-state index in [0.717, 1.165) is 0 Å². The van der Waals surface area contributed by atoms with Crippen LogP contribution in [0.4, 0.5) is 0 Å². The Morgan fingerprint density at radius 3 is 2.80 bits per heavy atom. The Balaban J connectivity index is 2.50. The summed E-state index contributed by atoms with van der Waals surface area (Å²) in [6.07, 6.45) is 1.55. The molecule has 1 aromatic heterocycles. The quantitative estimate of drug-likeness (QED) is 0.733. The second kappa shape index (κ2) is 4.68. The molecule has 0 aliphatic carbocycles. The molecule has 0 aliphatic heterocycles. The summed E-state index contributed by atoms with van der Waals surface area (Å²) in [6.45, 7) is 4.18. The van der Waals surface area contributed by atoms with E-state index in [9.17, 15) is 4.79 Å². The van der Waals surface area contributed by atoms with Crippen molar-refractivity contribution in [2.75, 3.05) is 13.2 Å². The molecule has 1 heterocycles. The maximum Gasteiger partial charge on any atom is 0.267 e. The number of aromatic nitrogens is 1. The molecule has 0 fully saturated rings. The van der Waals surface area contributed by atoms with Crippen molar-refractivity contribution in [2.24, 2.45) is 5.41 Å². The molecule has 5 heteroatoms. The van der Waals surface area contributed by atoms with Crippen molar-refractivity contribution in [3.05, 3.63) is 23.0 Å². The summed E-state index contributed by atoms with van der Waals surface area (Å²) in [5, 5.41) is 12.2. The van der Waals surface area contributed by atoms with Gasteiger partial charge in [0.2, 0.25) is 0 Å². The highest BCUT2D eigenvalue weighted by Crippen LogP contribution is 2.13. The predicted octanol–water partition coefficient (Wildman–Crippen LogP) is 1.42. The third-order valence-electron chi connectivity index (χ3n) is 2.05. The van der Waals surface area contributed by atoms with E-state index in [1.165, 1.54) is 0 Å². The topological polar surface area (TPSA) is 65.1 Å². The van der Waals surface area contributed by atoms with Crippen LogP contribution in [-0.4, -0.2) is 29.1 Å². The van der Waals surface area contributed by atoms with Gasteiger partial charge in [-0.15, -0.1) is 0 Å². The van der Waals surface area contributed by atoms with Crippen molar-refractivity contribution in [3.8, 4) is 0 Å². The minimum Gasteiger partial charge on any atom is -0.396 e. The van der Waals surface area contributed by atoms with E-state index in [-0.39, 0.29) is 17.9 Å². The summed E-state index contributed by atoms with van der Waals surface area (Å²) >= 11 is 5.67. The second-order valence-electron chi connectivity index (χ2n) is 4.24. The minimum absolute atomic E-state index is 0.0265. The third-order valence-corrected chi connectivity index (χ3v) is 2.27. The van der Waals surface area contributed by atoms with Crippen molar-refractivity contribution in [2.45, 2.75) is 13.8 Å². The second-order valence-corrected chi connectivity index (χ2v) is 4.67. The summed E-state index contributed by atoms with van der Waals surface area (Å²) in [4.78, 5) is 14.3. The van der Waals surface area contributed by atoms with Crippen LogP contribution in [0.25, 0.3) is 0 Å². The van der Waals surface area contributed by atoms with Crippen LogP contribution < -0.4 is 5.32 Å². The molecule has 0 aliphatic rings. The molecule has 0 spiro atoms. The van der Waals surface area contributed by atoms with Crippen LogP contribution in [0.3, 0.4) is 0 Å². The molecule has 1 aromatic rings. The maximum atomic E-state index is 11.5. The van der Waals surface area contributed by atoms with Crippen LogP contribution in [0.1, 0.15) is 24.3 Å². The number of hydrogen-bond acceptors (Lipinski definition) is 2. The average molecular weight is 231 g/mol. The van der Waals surface area contributed by atoms with Gasteiger partial charge in [0.25, 0.3) is 5.91 Å². The number of aliphatic hydroxyl groups is 1. The van der Waals surface area contributed by atoms with Gasteiger partial charge in [0, 0.05) is 24.8 Å². The smallest absolute Gasteiger partial charge is 0.267 e. The highest BCUT2D eigenvalue weighted by Gasteiger charge is 2.18.